The minimum absolute atomic E-state index is 0.0453. The third-order valence-corrected chi connectivity index (χ3v) is 5.09. The molecule has 1 aliphatic rings. The summed E-state index contributed by atoms with van der Waals surface area (Å²) >= 11 is 5.91. The molecular formula is C22H23ClN2O3. The van der Waals surface area contributed by atoms with Crippen LogP contribution in [0.15, 0.2) is 48.5 Å². The Labute approximate surface area is 169 Å². The second-order valence-electron chi connectivity index (χ2n) is 7.92. The molecule has 0 bridgehead atoms. The van der Waals surface area contributed by atoms with E-state index in [1.54, 1.807) is 36.4 Å². The molecule has 2 aromatic carbocycles. The van der Waals surface area contributed by atoms with Gasteiger partial charge in [0.15, 0.2) is 0 Å². The lowest BCUT2D eigenvalue weighted by molar-refractivity contribution is -0.123. The molecule has 0 N–H and O–H groups in total. The first-order valence-electron chi connectivity index (χ1n) is 9.13. The van der Waals surface area contributed by atoms with Gasteiger partial charge in [-0.25, -0.2) is 4.90 Å². The molecule has 0 aliphatic carbocycles. The van der Waals surface area contributed by atoms with E-state index in [1.165, 1.54) is 4.90 Å². The number of hydrogen-bond donors (Lipinski definition) is 0. The average molecular weight is 399 g/mol. The average Bonchev–Trinajstić information content (AvgIpc) is 2.89. The van der Waals surface area contributed by atoms with E-state index in [0.717, 1.165) is 10.5 Å². The monoisotopic (exact) mass is 398 g/mol. The van der Waals surface area contributed by atoms with Gasteiger partial charge >= 0.3 is 0 Å². The van der Waals surface area contributed by atoms with Gasteiger partial charge < -0.3 is 4.90 Å². The van der Waals surface area contributed by atoms with E-state index >= 15 is 0 Å². The van der Waals surface area contributed by atoms with Crippen LogP contribution in [0.2, 0.25) is 5.02 Å². The third kappa shape index (κ3) is 3.67. The first-order chi connectivity index (χ1) is 13.1. The molecule has 28 heavy (non-hydrogen) atoms. The predicted molar refractivity (Wildman–Crippen MR) is 109 cm³/mol. The number of imide groups is 1. The van der Waals surface area contributed by atoms with Crippen molar-refractivity contribution in [3.05, 3.63) is 64.7 Å². The molecule has 6 heteroatoms. The summed E-state index contributed by atoms with van der Waals surface area (Å²) in [7, 11) is 0. The zero-order valence-electron chi connectivity index (χ0n) is 16.4. The maximum Gasteiger partial charge on any atom is 0.257 e. The molecular weight excluding hydrogens is 376 g/mol. The van der Waals surface area contributed by atoms with Crippen LogP contribution < -0.4 is 4.90 Å². The summed E-state index contributed by atoms with van der Waals surface area (Å²) in [4.78, 5) is 41.9. The van der Waals surface area contributed by atoms with Crippen LogP contribution in [0.25, 0.3) is 0 Å². The highest BCUT2D eigenvalue weighted by molar-refractivity contribution is 6.31. The van der Waals surface area contributed by atoms with E-state index in [1.807, 2.05) is 39.8 Å². The number of aryl methyl sites for hydroxylation is 1. The first kappa shape index (κ1) is 20.1. The van der Waals surface area contributed by atoms with Crippen molar-refractivity contribution < 1.29 is 14.4 Å². The summed E-state index contributed by atoms with van der Waals surface area (Å²) in [5.74, 6) is -0.983. The molecule has 0 radical (unpaired) electrons. The van der Waals surface area contributed by atoms with Crippen molar-refractivity contribution in [2.24, 2.45) is 0 Å². The van der Waals surface area contributed by atoms with E-state index in [4.69, 9.17) is 11.6 Å². The second kappa shape index (κ2) is 7.40. The van der Waals surface area contributed by atoms with Gasteiger partial charge in [-0.2, -0.15) is 0 Å². The number of carbonyl (C=O) groups is 3. The van der Waals surface area contributed by atoms with Gasteiger partial charge in [0.2, 0.25) is 5.91 Å². The molecule has 1 saturated heterocycles. The molecule has 0 spiro atoms. The lowest BCUT2D eigenvalue weighted by Gasteiger charge is -2.39. The quantitative estimate of drug-likeness (QED) is 0.727. The highest BCUT2D eigenvalue weighted by Gasteiger charge is 2.47. The van der Waals surface area contributed by atoms with E-state index in [-0.39, 0.29) is 18.2 Å². The first-order valence-corrected chi connectivity index (χ1v) is 9.50. The number of carbonyl (C=O) groups excluding carboxylic acids is 3. The van der Waals surface area contributed by atoms with Gasteiger partial charge in [0.25, 0.3) is 11.8 Å². The van der Waals surface area contributed by atoms with Crippen molar-refractivity contribution in [2.75, 3.05) is 4.90 Å². The number of rotatable bonds is 3. The predicted octanol–water partition coefficient (Wildman–Crippen LogP) is 4.22. The van der Waals surface area contributed by atoms with E-state index < -0.39 is 17.5 Å². The lowest BCUT2D eigenvalue weighted by atomic mass is 9.98. The van der Waals surface area contributed by atoms with E-state index in [2.05, 4.69) is 0 Å². The number of benzene rings is 2. The fourth-order valence-corrected chi connectivity index (χ4v) is 3.66. The van der Waals surface area contributed by atoms with Crippen molar-refractivity contribution in [1.29, 1.82) is 0 Å². The third-order valence-electron chi connectivity index (χ3n) is 4.84. The zero-order valence-corrected chi connectivity index (χ0v) is 17.2. The van der Waals surface area contributed by atoms with Crippen molar-refractivity contribution in [3.63, 3.8) is 0 Å². The molecule has 1 atom stereocenters. The molecule has 2 aromatic rings. The van der Waals surface area contributed by atoms with Gasteiger partial charge in [-0.05, 0) is 63.6 Å². The van der Waals surface area contributed by atoms with Gasteiger partial charge in [0.1, 0.15) is 6.04 Å². The van der Waals surface area contributed by atoms with Crippen LogP contribution in [-0.4, -0.2) is 34.2 Å². The van der Waals surface area contributed by atoms with Crippen LogP contribution in [0.4, 0.5) is 5.69 Å². The van der Waals surface area contributed by atoms with Crippen molar-refractivity contribution in [2.45, 2.75) is 45.7 Å². The van der Waals surface area contributed by atoms with Gasteiger partial charge in [-0.3, -0.25) is 14.4 Å². The second-order valence-corrected chi connectivity index (χ2v) is 8.36. The van der Waals surface area contributed by atoms with Gasteiger partial charge in [0.05, 0.1) is 12.1 Å². The largest absolute Gasteiger partial charge is 0.321 e. The SMILES string of the molecule is Cc1ccccc1C(=O)N(C1CC(=O)N(c2ccc(Cl)cc2)C1=O)C(C)(C)C. The number of nitrogens with zero attached hydrogens (tertiary/aromatic N) is 2. The minimum Gasteiger partial charge on any atom is -0.321 e. The maximum absolute atomic E-state index is 13.4. The maximum atomic E-state index is 13.4. The number of hydrogen-bond acceptors (Lipinski definition) is 3. The molecule has 0 saturated carbocycles. The molecule has 1 heterocycles. The van der Waals surface area contributed by atoms with Crippen LogP contribution in [0.3, 0.4) is 0 Å². The lowest BCUT2D eigenvalue weighted by Crippen LogP contribution is -2.54. The molecule has 0 aromatic heterocycles. The summed E-state index contributed by atoms with van der Waals surface area (Å²) in [6.07, 6.45) is -0.0453. The van der Waals surface area contributed by atoms with Gasteiger partial charge in [-0.1, -0.05) is 29.8 Å². The Morgan fingerprint density at radius 1 is 1.07 bits per heavy atom. The van der Waals surface area contributed by atoms with Crippen LogP contribution in [0, 0.1) is 6.92 Å². The zero-order chi connectivity index (χ0) is 20.6. The highest BCUT2D eigenvalue weighted by atomic mass is 35.5. The molecule has 5 nitrogen and oxygen atoms in total. The van der Waals surface area contributed by atoms with Gasteiger partial charge in [-0.15, -0.1) is 0 Å². The molecule has 1 fully saturated rings. The minimum atomic E-state index is -0.852. The topological polar surface area (TPSA) is 57.7 Å². The standard InChI is InChI=1S/C22H23ClN2O3/c1-14-7-5-6-8-17(14)20(27)25(22(2,3)4)18-13-19(26)24(21(18)28)16-11-9-15(23)10-12-16/h5-12,18H,13H2,1-4H3. The smallest absolute Gasteiger partial charge is 0.257 e. The Morgan fingerprint density at radius 3 is 2.25 bits per heavy atom. The Balaban J connectivity index is 1.99. The highest BCUT2D eigenvalue weighted by Crippen LogP contribution is 2.31. The number of anilines is 1. The van der Waals surface area contributed by atoms with Crippen LogP contribution in [0.5, 0.6) is 0 Å². The Bertz CT molecular complexity index is 932. The molecule has 1 aliphatic heterocycles. The summed E-state index contributed by atoms with van der Waals surface area (Å²) in [5, 5.41) is 0.519. The van der Waals surface area contributed by atoms with Crippen LogP contribution >= 0.6 is 11.6 Å². The summed E-state index contributed by atoms with van der Waals surface area (Å²) < 4.78 is 0. The molecule has 3 rings (SSSR count). The molecule has 146 valence electrons. The van der Waals surface area contributed by atoms with Crippen LogP contribution in [0.1, 0.15) is 43.1 Å². The molecule has 1 unspecified atom stereocenters. The van der Waals surface area contributed by atoms with E-state index in [9.17, 15) is 14.4 Å². The van der Waals surface area contributed by atoms with Crippen LogP contribution in [-0.2, 0) is 9.59 Å². The fourth-order valence-electron chi connectivity index (χ4n) is 3.54. The summed E-state index contributed by atoms with van der Waals surface area (Å²) in [6.45, 7) is 7.46. The van der Waals surface area contributed by atoms with Crippen molar-refractivity contribution in [3.8, 4) is 0 Å². The number of amides is 3. The Morgan fingerprint density at radius 2 is 1.68 bits per heavy atom. The Kier molecular flexibility index (Phi) is 5.31. The van der Waals surface area contributed by atoms with Crippen molar-refractivity contribution >= 4 is 35.0 Å². The van der Waals surface area contributed by atoms with Gasteiger partial charge in [0, 0.05) is 16.1 Å². The Hall–Kier alpha value is -2.66. The summed E-state index contributed by atoms with van der Waals surface area (Å²) in [6, 6.07) is 12.9. The molecule has 3 amide bonds. The summed E-state index contributed by atoms with van der Waals surface area (Å²) in [5.41, 5.74) is 1.17. The van der Waals surface area contributed by atoms with Crippen molar-refractivity contribution in [1.82, 2.24) is 4.90 Å². The fraction of sp³-hybridized carbons (Fsp3) is 0.318. The normalized spacial score (nSPS) is 17.2. The number of halogens is 1. The van der Waals surface area contributed by atoms with E-state index in [0.29, 0.717) is 16.3 Å².